The number of thiophene rings is 1. The smallest absolute Gasteiger partial charge is 0.159 e. The van der Waals surface area contributed by atoms with Gasteiger partial charge in [-0.2, -0.15) is 11.3 Å². The van der Waals surface area contributed by atoms with Crippen molar-refractivity contribution in [3.8, 4) is 0 Å². The third-order valence-corrected chi connectivity index (χ3v) is 3.45. The van der Waals surface area contributed by atoms with E-state index >= 15 is 0 Å². The van der Waals surface area contributed by atoms with Crippen LogP contribution in [0.5, 0.6) is 0 Å². The molecular weight excluding hydrogens is 222 g/mol. The molecular formula is C12H19NO2S. The molecule has 0 radical (unpaired) electrons. The summed E-state index contributed by atoms with van der Waals surface area (Å²) in [6, 6.07) is 2.63. The number of rotatable bonds is 6. The summed E-state index contributed by atoms with van der Waals surface area (Å²) < 4.78 is 11.0. The van der Waals surface area contributed by atoms with Gasteiger partial charge in [-0.3, -0.25) is 0 Å². The molecule has 4 heteroatoms. The summed E-state index contributed by atoms with van der Waals surface area (Å²) in [4.78, 5) is 0. The molecule has 1 aliphatic rings. The molecule has 16 heavy (non-hydrogen) atoms. The van der Waals surface area contributed by atoms with E-state index in [2.05, 4.69) is 29.1 Å². The molecule has 0 spiro atoms. The van der Waals surface area contributed by atoms with E-state index in [-0.39, 0.29) is 6.29 Å². The molecule has 0 aromatic carbocycles. The quantitative estimate of drug-likeness (QED) is 0.826. The highest BCUT2D eigenvalue weighted by Gasteiger charge is 2.21. The van der Waals surface area contributed by atoms with Crippen molar-refractivity contribution in [3.05, 3.63) is 22.4 Å². The Hall–Kier alpha value is -0.420. The van der Waals surface area contributed by atoms with Crippen LogP contribution in [-0.2, 0) is 15.9 Å². The highest BCUT2D eigenvalue weighted by Crippen LogP contribution is 2.15. The molecule has 0 amide bonds. The topological polar surface area (TPSA) is 30.5 Å². The molecule has 1 aromatic heterocycles. The van der Waals surface area contributed by atoms with Crippen LogP contribution in [-0.4, -0.2) is 32.1 Å². The summed E-state index contributed by atoms with van der Waals surface area (Å²) in [7, 11) is 0. The maximum Gasteiger partial charge on any atom is 0.159 e. The van der Waals surface area contributed by atoms with E-state index in [1.54, 1.807) is 11.3 Å². The minimum absolute atomic E-state index is 0.0114. The maximum absolute atomic E-state index is 5.49. The van der Waals surface area contributed by atoms with Crippen LogP contribution in [0.15, 0.2) is 16.8 Å². The summed E-state index contributed by atoms with van der Waals surface area (Å²) in [6.45, 7) is 4.60. The van der Waals surface area contributed by atoms with Crippen LogP contribution in [0.1, 0.15) is 18.9 Å². The van der Waals surface area contributed by atoms with Crippen molar-refractivity contribution in [1.29, 1.82) is 0 Å². The average molecular weight is 241 g/mol. The van der Waals surface area contributed by atoms with Gasteiger partial charge in [-0.05, 0) is 35.4 Å². The standard InChI is InChI=1S/C12H19NO2S/c1-2-13-11(7-10-3-6-16-9-10)8-12-14-4-5-15-12/h3,6,9,11-13H,2,4-5,7-8H2,1H3. The normalized spacial score (nSPS) is 19.1. The van der Waals surface area contributed by atoms with Gasteiger partial charge in [0.05, 0.1) is 13.2 Å². The second kappa shape index (κ2) is 6.35. The fourth-order valence-corrected chi connectivity index (χ4v) is 2.68. The molecule has 1 saturated heterocycles. The molecule has 1 aromatic rings. The van der Waals surface area contributed by atoms with Gasteiger partial charge in [0, 0.05) is 12.5 Å². The Morgan fingerprint density at radius 1 is 1.50 bits per heavy atom. The Kier molecular flexibility index (Phi) is 4.78. The molecule has 1 N–H and O–H groups in total. The highest BCUT2D eigenvalue weighted by molar-refractivity contribution is 7.07. The average Bonchev–Trinajstić information content (AvgIpc) is 2.91. The Bertz CT molecular complexity index is 283. The van der Waals surface area contributed by atoms with Crippen LogP contribution < -0.4 is 5.32 Å². The van der Waals surface area contributed by atoms with E-state index in [4.69, 9.17) is 9.47 Å². The monoisotopic (exact) mass is 241 g/mol. The van der Waals surface area contributed by atoms with Gasteiger partial charge in [-0.1, -0.05) is 6.92 Å². The van der Waals surface area contributed by atoms with E-state index in [0.717, 1.165) is 32.6 Å². The zero-order valence-corrected chi connectivity index (χ0v) is 10.5. The third-order valence-electron chi connectivity index (χ3n) is 2.72. The molecule has 0 aliphatic carbocycles. The van der Waals surface area contributed by atoms with Crippen LogP contribution in [0.2, 0.25) is 0 Å². The van der Waals surface area contributed by atoms with E-state index in [1.165, 1.54) is 5.56 Å². The van der Waals surface area contributed by atoms with Crippen molar-refractivity contribution in [3.63, 3.8) is 0 Å². The van der Waals surface area contributed by atoms with Crippen molar-refractivity contribution in [2.24, 2.45) is 0 Å². The Morgan fingerprint density at radius 3 is 2.94 bits per heavy atom. The van der Waals surface area contributed by atoms with Gasteiger partial charge in [0.15, 0.2) is 6.29 Å². The predicted molar refractivity (Wildman–Crippen MR) is 65.8 cm³/mol. The fraction of sp³-hybridized carbons (Fsp3) is 0.667. The minimum atomic E-state index is -0.0114. The molecule has 2 rings (SSSR count). The number of hydrogen-bond acceptors (Lipinski definition) is 4. The number of likely N-dealkylation sites (N-methyl/N-ethyl adjacent to an activating group) is 1. The van der Waals surface area contributed by atoms with E-state index in [1.807, 2.05) is 0 Å². The van der Waals surface area contributed by atoms with Crippen molar-refractivity contribution in [1.82, 2.24) is 5.32 Å². The molecule has 1 atom stereocenters. The van der Waals surface area contributed by atoms with E-state index in [0.29, 0.717) is 6.04 Å². The van der Waals surface area contributed by atoms with Crippen LogP contribution in [0.4, 0.5) is 0 Å². The summed E-state index contributed by atoms with van der Waals surface area (Å²) in [5.41, 5.74) is 1.40. The zero-order valence-electron chi connectivity index (χ0n) is 9.65. The molecule has 90 valence electrons. The SMILES string of the molecule is CCNC(Cc1ccsc1)CC1OCCO1. The summed E-state index contributed by atoms with van der Waals surface area (Å²) in [6.07, 6.45) is 1.98. The fourth-order valence-electron chi connectivity index (χ4n) is 2.00. The minimum Gasteiger partial charge on any atom is -0.350 e. The van der Waals surface area contributed by atoms with Crippen molar-refractivity contribution in [2.45, 2.75) is 32.1 Å². The molecule has 2 heterocycles. The van der Waals surface area contributed by atoms with E-state index in [9.17, 15) is 0 Å². The van der Waals surface area contributed by atoms with Crippen molar-refractivity contribution in [2.75, 3.05) is 19.8 Å². The van der Waals surface area contributed by atoms with Gasteiger partial charge in [0.2, 0.25) is 0 Å². The number of hydrogen-bond donors (Lipinski definition) is 1. The highest BCUT2D eigenvalue weighted by atomic mass is 32.1. The lowest BCUT2D eigenvalue weighted by Gasteiger charge is -2.20. The van der Waals surface area contributed by atoms with Crippen LogP contribution in [0, 0.1) is 0 Å². The lowest BCUT2D eigenvalue weighted by molar-refractivity contribution is -0.0525. The largest absolute Gasteiger partial charge is 0.350 e. The van der Waals surface area contributed by atoms with Crippen molar-refractivity contribution < 1.29 is 9.47 Å². The number of nitrogens with one attached hydrogen (secondary N) is 1. The lowest BCUT2D eigenvalue weighted by atomic mass is 10.1. The van der Waals surface area contributed by atoms with Gasteiger partial charge in [-0.25, -0.2) is 0 Å². The first-order valence-electron chi connectivity index (χ1n) is 5.86. The van der Waals surface area contributed by atoms with Gasteiger partial charge in [-0.15, -0.1) is 0 Å². The van der Waals surface area contributed by atoms with Gasteiger partial charge >= 0.3 is 0 Å². The Morgan fingerprint density at radius 2 is 2.31 bits per heavy atom. The molecule has 1 unspecified atom stereocenters. The predicted octanol–water partition coefficient (Wildman–Crippen LogP) is 2.03. The summed E-state index contributed by atoms with van der Waals surface area (Å²) >= 11 is 1.75. The molecule has 0 saturated carbocycles. The first-order valence-corrected chi connectivity index (χ1v) is 6.80. The first-order chi connectivity index (χ1) is 7.88. The first kappa shape index (κ1) is 12.0. The zero-order chi connectivity index (χ0) is 11.2. The van der Waals surface area contributed by atoms with Crippen LogP contribution in [0.3, 0.4) is 0 Å². The summed E-state index contributed by atoms with van der Waals surface area (Å²) in [5, 5.41) is 7.83. The summed E-state index contributed by atoms with van der Waals surface area (Å²) in [5.74, 6) is 0. The lowest BCUT2D eigenvalue weighted by Crippen LogP contribution is -2.34. The molecule has 1 fully saturated rings. The molecule has 3 nitrogen and oxygen atoms in total. The third kappa shape index (κ3) is 3.56. The molecule has 1 aliphatic heterocycles. The maximum atomic E-state index is 5.49. The number of ether oxygens (including phenoxy) is 2. The van der Waals surface area contributed by atoms with E-state index < -0.39 is 0 Å². The second-order valence-electron chi connectivity index (χ2n) is 4.00. The van der Waals surface area contributed by atoms with Crippen LogP contribution in [0.25, 0.3) is 0 Å². The second-order valence-corrected chi connectivity index (χ2v) is 4.78. The molecule has 0 bridgehead atoms. The van der Waals surface area contributed by atoms with Crippen molar-refractivity contribution >= 4 is 11.3 Å². The van der Waals surface area contributed by atoms with Gasteiger partial charge < -0.3 is 14.8 Å². The van der Waals surface area contributed by atoms with Gasteiger partial charge in [0.1, 0.15) is 0 Å². The van der Waals surface area contributed by atoms with Gasteiger partial charge in [0.25, 0.3) is 0 Å². The Labute approximate surface area is 101 Å². The Balaban J connectivity index is 1.83. The van der Waals surface area contributed by atoms with Crippen LogP contribution >= 0.6 is 11.3 Å².